The molecule has 6 heterocycles. The Morgan fingerprint density at radius 2 is 1.81 bits per heavy atom. The van der Waals surface area contributed by atoms with Crippen LogP contribution >= 0.6 is 0 Å². The number of methoxy groups -OCH3 is 1. The van der Waals surface area contributed by atoms with E-state index < -0.39 is 75.4 Å². The average molecular weight is 971 g/mol. The van der Waals surface area contributed by atoms with Crippen LogP contribution in [0.15, 0.2) is 54.9 Å². The number of cyclic esters (lactones) is 1. The highest BCUT2D eigenvalue weighted by atomic mass is 32.2. The van der Waals surface area contributed by atoms with Crippen LogP contribution in [0.3, 0.4) is 0 Å². The molecule has 372 valence electrons. The molecular formula is C50H66N8O10S. The third kappa shape index (κ3) is 10.3. The second kappa shape index (κ2) is 20.1. The number of nitrogens with zero attached hydrogens (tertiary/aromatic N) is 6. The lowest BCUT2D eigenvalue weighted by Gasteiger charge is -2.37. The molecule has 0 aliphatic carbocycles. The minimum atomic E-state index is -3.86. The zero-order valence-electron chi connectivity index (χ0n) is 40.6. The van der Waals surface area contributed by atoms with Crippen LogP contribution in [0.2, 0.25) is 0 Å². The second-order valence-electron chi connectivity index (χ2n) is 20.1. The fraction of sp³-hybridized carbons (Fsp3) is 0.540. The Kier molecular flexibility index (Phi) is 14.6. The standard InChI is InChI=1S/C50H66N8O10S/c1-8-57-43-12-11-32-22-38(43)39(45(57)40-24-51-15-13-34(40)28-67-7)23-50(4,5)29-68-49(64)41-10-9-16-58(53-41)48(63)42(20-31-18-35(32)21-36(59)19-31)52-46(61)44(30(2)3)54(6)47(62)33-14-17-55(25-33)69(65,66)56-26-37(60)27-56/h11-13,15,18-19,21-22,24,30,33,37,41-42,44,53,59-60H,8-10,14,16-17,20,23,25-29H2,1-7H3,(H,52,61)/t33-,41-,42-,44-/m0/s1. The number of rotatable bonds is 11. The summed E-state index contributed by atoms with van der Waals surface area (Å²) >= 11 is 0. The van der Waals surface area contributed by atoms with E-state index in [0.29, 0.717) is 43.5 Å². The number of hydrazine groups is 1. The summed E-state index contributed by atoms with van der Waals surface area (Å²) in [4.78, 5) is 63.3. The van der Waals surface area contributed by atoms with Crippen LogP contribution in [0, 0.1) is 17.3 Å². The van der Waals surface area contributed by atoms with Crippen LogP contribution in [0.25, 0.3) is 33.3 Å². The van der Waals surface area contributed by atoms with Gasteiger partial charge >= 0.3 is 5.97 Å². The van der Waals surface area contributed by atoms with Gasteiger partial charge in [-0.1, -0.05) is 39.8 Å². The van der Waals surface area contributed by atoms with Crippen molar-refractivity contribution >= 4 is 44.8 Å². The Labute approximate surface area is 404 Å². The highest BCUT2D eigenvalue weighted by Gasteiger charge is 2.45. The first-order chi connectivity index (χ1) is 32.8. The van der Waals surface area contributed by atoms with Gasteiger partial charge in [-0.15, -0.1) is 0 Å². The smallest absolute Gasteiger partial charge is 0.324 e. The molecule has 2 aromatic carbocycles. The number of β-amino-alcohol motifs (C(OH)–C–C–N with tert-alkyl or cyclic N) is 1. The van der Waals surface area contributed by atoms with Crippen molar-refractivity contribution < 1.29 is 47.3 Å². The Bertz CT molecular complexity index is 2720. The molecule has 4 aliphatic heterocycles. The number of aliphatic hydroxyl groups excluding tert-OH is 1. The predicted molar refractivity (Wildman–Crippen MR) is 258 cm³/mol. The van der Waals surface area contributed by atoms with Gasteiger partial charge in [0.2, 0.25) is 11.8 Å². The van der Waals surface area contributed by atoms with Crippen molar-refractivity contribution in [2.45, 2.75) is 104 Å². The van der Waals surface area contributed by atoms with E-state index in [4.69, 9.17) is 9.47 Å². The zero-order valence-corrected chi connectivity index (χ0v) is 41.4. The Morgan fingerprint density at radius 3 is 2.52 bits per heavy atom. The van der Waals surface area contributed by atoms with Gasteiger partial charge in [0.15, 0.2) is 0 Å². The number of aliphatic hydroxyl groups is 1. The molecule has 3 fully saturated rings. The van der Waals surface area contributed by atoms with Crippen molar-refractivity contribution in [2.24, 2.45) is 17.3 Å². The molecule has 18 nitrogen and oxygen atoms in total. The molecule has 3 amide bonds. The lowest BCUT2D eigenvalue weighted by atomic mass is 9.84. The number of phenolic OH excluding ortho intramolecular Hbond substituents is 1. The fourth-order valence-corrected chi connectivity index (χ4v) is 12.2. The van der Waals surface area contributed by atoms with Crippen LogP contribution in [0.4, 0.5) is 0 Å². The highest BCUT2D eigenvalue weighted by molar-refractivity contribution is 7.86. The average Bonchev–Trinajstić information content (AvgIpc) is 3.92. The summed E-state index contributed by atoms with van der Waals surface area (Å²) < 4.78 is 42.8. The number of esters is 1. The molecular weight excluding hydrogens is 905 g/mol. The highest BCUT2D eigenvalue weighted by Crippen LogP contribution is 2.41. The maximum absolute atomic E-state index is 14.8. The van der Waals surface area contributed by atoms with E-state index in [1.807, 2.05) is 24.4 Å². The summed E-state index contributed by atoms with van der Waals surface area (Å²) in [5.74, 6) is -3.19. The number of aromatic hydroxyl groups is 1. The monoisotopic (exact) mass is 970 g/mol. The molecule has 0 unspecified atom stereocenters. The minimum Gasteiger partial charge on any atom is -0.508 e. The summed E-state index contributed by atoms with van der Waals surface area (Å²) in [5, 5.41) is 26.4. The molecule has 19 heteroatoms. The molecule has 69 heavy (non-hydrogen) atoms. The minimum absolute atomic E-state index is 0.00199. The summed E-state index contributed by atoms with van der Waals surface area (Å²) in [6.45, 7) is 11.2. The van der Waals surface area contributed by atoms with Gasteiger partial charge < -0.3 is 34.5 Å². The number of aromatic nitrogens is 2. The topological polar surface area (TPSA) is 216 Å². The Morgan fingerprint density at radius 1 is 1.04 bits per heavy atom. The van der Waals surface area contributed by atoms with Gasteiger partial charge in [-0.25, -0.2) is 5.43 Å². The van der Waals surface area contributed by atoms with Gasteiger partial charge in [0.1, 0.15) is 23.9 Å². The number of hydrogen-bond acceptors (Lipinski definition) is 12. The number of pyridine rings is 1. The number of ether oxygens (including phenoxy) is 2. The number of aryl methyl sites for hydroxylation is 1. The maximum Gasteiger partial charge on any atom is 0.324 e. The van der Waals surface area contributed by atoms with E-state index in [9.17, 15) is 37.8 Å². The van der Waals surface area contributed by atoms with Crippen LogP contribution in [-0.4, -0.2) is 148 Å². The quantitative estimate of drug-likeness (QED) is 0.159. The third-order valence-corrected chi connectivity index (χ3v) is 15.9. The number of carbonyl (C=O) groups excluding carboxylic acids is 4. The van der Waals surface area contributed by atoms with Gasteiger partial charge in [0.25, 0.3) is 16.1 Å². The van der Waals surface area contributed by atoms with Crippen LogP contribution < -0.4 is 10.7 Å². The van der Waals surface area contributed by atoms with E-state index in [2.05, 4.69) is 53.2 Å². The lowest BCUT2D eigenvalue weighted by molar-refractivity contribution is -0.155. The molecule has 0 saturated carbocycles. The number of nitrogens with one attached hydrogen (secondary N) is 2. The maximum atomic E-state index is 14.8. The van der Waals surface area contributed by atoms with Crippen molar-refractivity contribution in [1.82, 2.24) is 38.8 Å². The zero-order chi connectivity index (χ0) is 49.5. The number of fused-ring (bicyclic) bond motifs is 6. The van der Waals surface area contributed by atoms with Crippen LogP contribution in [0.1, 0.15) is 70.6 Å². The van der Waals surface area contributed by atoms with Gasteiger partial charge in [-0.3, -0.25) is 29.2 Å². The number of likely N-dealkylation sites (N-methyl/N-ethyl adjacent to an activating group) is 1. The number of hydrogen-bond donors (Lipinski definition) is 4. The van der Waals surface area contributed by atoms with Crippen LogP contribution in [-0.2, 0) is 64.9 Å². The summed E-state index contributed by atoms with van der Waals surface area (Å²) in [6, 6.07) is 10.2. The van der Waals surface area contributed by atoms with Gasteiger partial charge in [-0.2, -0.15) is 17.0 Å². The third-order valence-electron chi connectivity index (χ3n) is 14.0. The molecule has 4 aliphatic rings. The first-order valence-electron chi connectivity index (χ1n) is 23.9. The summed E-state index contributed by atoms with van der Waals surface area (Å²) in [7, 11) is -0.679. The van der Waals surface area contributed by atoms with Crippen molar-refractivity contribution in [3.8, 4) is 28.1 Å². The second-order valence-corrected chi connectivity index (χ2v) is 22.1. The number of benzene rings is 2. The molecule has 0 spiro atoms. The normalized spacial score (nSPS) is 22.3. The van der Waals surface area contributed by atoms with Crippen molar-refractivity contribution in [3.05, 3.63) is 71.5 Å². The predicted octanol–water partition coefficient (Wildman–Crippen LogP) is 3.62. The van der Waals surface area contributed by atoms with Crippen LogP contribution in [0.5, 0.6) is 5.75 Å². The first-order valence-corrected chi connectivity index (χ1v) is 25.3. The molecule has 3 saturated heterocycles. The van der Waals surface area contributed by atoms with Crippen molar-refractivity contribution in [1.29, 1.82) is 0 Å². The van der Waals surface area contributed by atoms with Crippen molar-refractivity contribution in [2.75, 3.05) is 53.5 Å². The molecule has 2 aromatic heterocycles. The van der Waals surface area contributed by atoms with Gasteiger partial charge in [0, 0.05) is 94.1 Å². The van der Waals surface area contributed by atoms with Crippen molar-refractivity contribution in [3.63, 3.8) is 0 Å². The number of carbonyl (C=O) groups is 4. The van der Waals surface area contributed by atoms with Gasteiger partial charge in [-0.05, 0) is 96.7 Å². The Hall–Kier alpha value is -5.44. The summed E-state index contributed by atoms with van der Waals surface area (Å²) in [5.41, 5.74) is 9.53. The van der Waals surface area contributed by atoms with E-state index in [-0.39, 0.29) is 57.9 Å². The number of amides is 3. The Balaban J connectivity index is 1.15. The lowest BCUT2D eigenvalue weighted by Crippen LogP contribution is -2.62. The molecule has 4 aromatic rings. The van der Waals surface area contributed by atoms with E-state index in [1.165, 1.54) is 25.6 Å². The summed E-state index contributed by atoms with van der Waals surface area (Å²) in [6.07, 6.45) is 4.53. The fourth-order valence-electron chi connectivity index (χ4n) is 10.4. The molecule has 0 radical (unpaired) electrons. The SMILES string of the molecule is CCn1c(-c2cnccc2COC)c2c3cc(ccc31)-c1cc(O)cc(c1)C[C@H](NC(=O)[C@H](C(C)C)N(C)C(=O)[C@H]1CCN(S(=O)(=O)N3CC(O)C3)C1)C(=O)N1CCC[C@H](N1)C(=O)OCC(C)(C)C2. The first kappa shape index (κ1) is 50.0. The molecule has 4 N–H and O–H groups in total. The largest absolute Gasteiger partial charge is 0.508 e. The molecule has 8 rings (SSSR count). The number of phenols is 1. The van der Waals surface area contributed by atoms with Gasteiger partial charge in [0.05, 0.1) is 30.9 Å². The molecule has 4 atom stereocenters. The van der Waals surface area contributed by atoms with E-state index in [0.717, 1.165) is 38.9 Å². The van der Waals surface area contributed by atoms with E-state index >= 15 is 0 Å². The van der Waals surface area contributed by atoms with E-state index in [1.54, 1.807) is 39.3 Å². The molecule has 6 bridgehead atoms.